The standard InChI is InChI=1S/C22H25N3O3S/c1-13-9-19-17(20(27)10-13)12-14(23-19)11-15(26)5-4-8-29-22-24-18-7-3-2-6-16(18)21(28)25-22/h9-10,27H,2-8,11-12H2,1H3,(H,24,25,28). The van der Waals surface area contributed by atoms with Crippen LogP contribution in [0.15, 0.2) is 27.1 Å². The first-order valence-corrected chi connectivity index (χ1v) is 11.1. The number of aliphatic imine (C=N–C) groups is 1. The van der Waals surface area contributed by atoms with Gasteiger partial charge in [-0.05, 0) is 56.7 Å². The highest BCUT2D eigenvalue weighted by molar-refractivity contribution is 7.99. The summed E-state index contributed by atoms with van der Waals surface area (Å²) in [7, 11) is 0. The molecule has 0 unspecified atom stereocenters. The van der Waals surface area contributed by atoms with Crippen LogP contribution in [0.25, 0.3) is 0 Å². The van der Waals surface area contributed by atoms with Gasteiger partial charge in [0.1, 0.15) is 11.5 Å². The van der Waals surface area contributed by atoms with Crippen LogP contribution in [-0.4, -0.2) is 32.3 Å². The van der Waals surface area contributed by atoms with E-state index in [9.17, 15) is 14.7 Å². The number of phenols is 1. The molecule has 0 bridgehead atoms. The molecule has 0 radical (unpaired) electrons. The summed E-state index contributed by atoms with van der Waals surface area (Å²) in [6.07, 6.45) is 5.92. The minimum atomic E-state index is -0.00873. The highest BCUT2D eigenvalue weighted by atomic mass is 32.2. The molecule has 0 fully saturated rings. The molecule has 152 valence electrons. The second-order valence-corrected chi connectivity index (χ2v) is 8.89. The zero-order chi connectivity index (χ0) is 20.4. The molecule has 1 aromatic heterocycles. The first kappa shape index (κ1) is 19.9. The summed E-state index contributed by atoms with van der Waals surface area (Å²) < 4.78 is 0. The maximum absolute atomic E-state index is 12.3. The largest absolute Gasteiger partial charge is 0.508 e. The number of rotatable bonds is 7. The lowest BCUT2D eigenvalue weighted by molar-refractivity contribution is -0.117. The number of hydrogen-bond acceptors (Lipinski definition) is 6. The van der Waals surface area contributed by atoms with Crippen molar-refractivity contribution in [2.75, 3.05) is 5.75 Å². The molecule has 4 rings (SSSR count). The molecule has 0 saturated carbocycles. The summed E-state index contributed by atoms with van der Waals surface area (Å²) in [5.41, 5.74) is 5.15. The molecular weight excluding hydrogens is 386 g/mol. The second-order valence-electron chi connectivity index (χ2n) is 7.81. The van der Waals surface area contributed by atoms with Gasteiger partial charge in [-0.1, -0.05) is 11.8 Å². The van der Waals surface area contributed by atoms with Gasteiger partial charge in [0.2, 0.25) is 0 Å². The van der Waals surface area contributed by atoms with Gasteiger partial charge in [-0.15, -0.1) is 0 Å². The van der Waals surface area contributed by atoms with Crippen molar-refractivity contribution in [2.24, 2.45) is 4.99 Å². The zero-order valence-corrected chi connectivity index (χ0v) is 17.4. The molecule has 7 heteroatoms. The first-order chi connectivity index (χ1) is 14.0. The molecule has 0 spiro atoms. The highest BCUT2D eigenvalue weighted by Gasteiger charge is 2.20. The number of nitrogens with one attached hydrogen (secondary N) is 1. The first-order valence-electron chi connectivity index (χ1n) is 10.1. The Morgan fingerprint density at radius 2 is 2.07 bits per heavy atom. The number of carbonyl (C=O) groups excluding carboxylic acids is 1. The Morgan fingerprint density at radius 1 is 1.24 bits per heavy atom. The molecule has 0 atom stereocenters. The van der Waals surface area contributed by atoms with Crippen LogP contribution in [0.4, 0.5) is 5.69 Å². The number of hydrogen-bond donors (Lipinski definition) is 2. The number of carbonyl (C=O) groups is 1. The molecule has 2 aliphatic rings. The van der Waals surface area contributed by atoms with E-state index in [2.05, 4.69) is 15.0 Å². The summed E-state index contributed by atoms with van der Waals surface area (Å²) in [4.78, 5) is 36.5. The Morgan fingerprint density at radius 3 is 2.93 bits per heavy atom. The number of aryl methyl sites for hydroxylation is 2. The van der Waals surface area contributed by atoms with Gasteiger partial charge in [0.15, 0.2) is 5.16 Å². The lowest BCUT2D eigenvalue weighted by Crippen LogP contribution is -2.21. The number of aromatic amines is 1. The normalized spacial score (nSPS) is 15.0. The number of Topliss-reactive ketones (excluding diaryl/α,β-unsaturated/α-hetero) is 1. The SMILES string of the molecule is Cc1cc(O)c2c(c1)N=C(CC(=O)CCCSc1nc3c(c(=O)[nH]1)CCCC3)C2. The van der Waals surface area contributed by atoms with E-state index in [0.29, 0.717) is 24.4 Å². The molecular formula is C22H25N3O3S. The van der Waals surface area contributed by atoms with E-state index < -0.39 is 0 Å². The topological polar surface area (TPSA) is 95.4 Å². The van der Waals surface area contributed by atoms with Crippen molar-refractivity contribution in [1.29, 1.82) is 0 Å². The van der Waals surface area contributed by atoms with Crippen molar-refractivity contribution in [3.8, 4) is 5.75 Å². The Balaban J connectivity index is 1.25. The number of nitrogens with zero attached hydrogens (tertiary/aromatic N) is 2. The molecule has 1 aromatic carbocycles. The van der Waals surface area contributed by atoms with Crippen molar-refractivity contribution < 1.29 is 9.90 Å². The third kappa shape index (κ3) is 4.61. The Hall–Kier alpha value is -2.41. The number of thioether (sulfide) groups is 1. The molecule has 2 heterocycles. The Bertz CT molecular complexity index is 1040. The maximum atomic E-state index is 12.3. The highest BCUT2D eigenvalue weighted by Crippen LogP contribution is 2.35. The molecule has 2 N–H and O–H groups in total. The maximum Gasteiger partial charge on any atom is 0.254 e. The second kappa shape index (κ2) is 8.53. The van der Waals surface area contributed by atoms with Gasteiger partial charge in [-0.25, -0.2) is 4.98 Å². The average molecular weight is 412 g/mol. The summed E-state index contributed by atoms with van der Waals surface area (Å²) >= 11 is 1.50. The van der Waals surface area contributed by atoms with Crippen LogP contribution in [-0.2, 0) is 24.1 Å². The van der Waals surface area contributed by atoms with Crippen molar-refractivity contribution in [3.63, 3.8) is 0 Å². The van der Waals surface area contributed by atoms with Crippen LogP contribution in [0.3, 0.4) is 0 Å². The minimum absolute atomic E-state index is 0.00873. The quantitative estimate of drug-likeness (QED) is 0.410. The predicted octanol–water partition coefficient (Wildman–Crippen LogP) is 3.82. The third-order valence-electron chi connectivity index (χ3n) is 5.42. The van der Waals surface area contributed by atoms with Crippen LogP contribution in [0, 0.1) is 6.92 Å². The predicted molar refractivity (Wildman–Crippen MR) is 115 cm³/mol. The molecule has 1 aliphatic carbocycles. The lowest BCUT2D eigenvalue weighted by atomic mass is 9.97. The van der Waals surface area contributed by atoms with E-state index in [1.54, 1.807) is 6.07 Å². The zero-order valence-electron chi connectivity index (χ0n) is 16.6. The molecule has 0 saturated heterocycles. The van der Waals surface area contributed by atoms with Gasteiger partial charge < -0.3 is 10.1 Å². The number of H-pyrrole nitrogens is 1. The van der Waals surface area contributed by atoms with Gasteiger partial charge in [0.25, 0.3) is 5.56 Å². The van der Waals surface area contributed by atoms with E-state index >= 15 is 0 Å². The van der Waals surface area contributed by atoms with Gasteiger partial charge in [0.05, 0.1) is 11.4 Å². The van der Waals surface area contributed by atoms with Gasteiger partial charge in [0, 0.05) is 41.9 Å². The Labute approximate surface area is 173 Å². The van der Waals surface area contributed by atoms with Crippen LogP contribution in [0.2, 0.25) is 0 Å². The Kier molecular flexibility index (Phi) is 5.85. The molecule has 6 nitrogen and oxygen atoms in total. The number of aromatic nitrogens is 2. The van der Waals surface area contributed by atoms with E-state index in [4.69, 9.17) is 0 Å². The van der Waals surface area contributed by atoms with E-state index in [1.165, 1.54) is 11.8 Å². The average Bonchev–Trinajstić information content (AvgIpc) is 3.08. The van der Waals surface area contributed by atoms with Crippen molar-refractivity contribution in [2.45, 2.75) is 63.4 Å². The number of benzene rings is 1. The summed E-state index contributed by atoms with van der Waals surface area (Å²) in [5, 5.41) is 10.7. The monoisotopic (exact) mass is 411 g/mol. The van der Waals surface area contributed by atoms with Crippen LogP contribution < -0.4 is 5.56 Å². The fraction of sp³-hybridized carbons (Fsp3) is 0.455. The van der Waals surface area contributed by atoms with Gasteiger partial charge in [-0.2, -0.15) is 0 Å². The van der Waals surface area contributed by atoms with Gasteiger partial charge in [-0.3, -0.25) is 14.6 Å². The third-order valence-corrected chi connectivity index (χ3v) is 6.38. The molecule has 2 aromatic rings. The van der Waals surface area contributed by atoms with Crippen molar-refractivity contribution >= 4 is 28.9 Å². The number of phenolic OH excluding ortho intramolecular Hbond substituents is 1. The van der Waals surface area contributed by atoms with E-state index in [-0.39, 0.29) is 17.1 Å². The number of fused-ring (bicyclic) bond motifs is 2. The fourth-order valence-corrected chi connectivity index (χ4v) is 4.80. The van der Waals surface area contributed by atoms with Crippen LogP contribution >= 0.6 is 11.8 Å². The lowest BCUT2D eigenvalue weighted by Gasteiger charge is -2.14. The smallest absolute Gasteiger partial charge is 0.254 e. The fourth-order valence-electron chi connectivity index (χ4n) is 3.98. The summed E-state index contributed by atoms with van der Waals surface area (Å²) in [6.45, 7) is 1.92. The number of ketones is 1. The van der Waals surface area contributed by atoms with E-state index in [0.717, 1.165) is 71.6 Å². The van der Waals surface area contributed by atoms with Crippen molar-refractivity contribution in [1.82, 2.24) is 9.97 Å². The van der Waals surface area contributed by atoms with Gasteiger partial charge >= 0.3 is 0 Å². The van der Waals surface area contributed by atoms with Crippen molar-refractivity contribution in [3.05, 3.63) is 44.9 Å². The molecule has 1 aliphatic heterocycles. The van der Waals surface area contributed by atoms with E-state index in [1.807, 2.05) is 13.0 Å². The summed E-state index contributed by atoms with van der Waals surface area (Å²) in [6, 6.07) is 3.67. The minimum Gasteiger partial charge on any atom is -0.508 e. The van der Waals surface area contributed by atoms with Crippen LogP contribution in [0.5, 0.6) is 5.75 Å². The molecule has 0 amide bonds. The number of aromatic hydroxyl groups is 1. The molecule has 29 heavy (non-hydrogen) atoms. The van der Waals surface area contributed by atoms with Crippen LogP contribution in [0.1, 0.15) is 54.5 Å². The summed E-state index contributed by atoms with van der Waals surface area (Å²) in [5.74, 6) is 1.15.